The molecule has 6 heteroatoms. The van der Waals surface area contributed by atoms with Crippen LogP contribution in [0.1, 0.15) is 37.3 Å². The maximum absolute atomic E-state index is 12.3. The summed E-state index contributed by atoms with van der Waals surface area (Å²) in [6, 6.07) is 8.26. The van der Waals surface area contributed by atoms with E-state index in [4.69, 9.17) is 11.6 Å². The van der Waals surface area contributed by atoms with E-state index in [9.17, 15) is 4.79 Å². The Hall–Kier alpha value is -1.88. The Balaban J connectivity index is 1.40. The second kappa shape index (κ2) is 7.59. The van der Waals surface area contributed by atoms with Crippen molar-refractivity contribution in [1.29, 1.82) is 0 Å². The molecule has 1 fully saturated rings. The van der Waals surface area contributed by atoms with E-state index >= 15 is 0 Å². The molecule has 0 saturated carbocycles. The van der Waals surface area contributed by atoms with Crippen molar-refractivity contribution in [3.05, 3.63) is 47.5 Å². The van der Waals surface area contributed by atoms with E-state index in [1.54, 1.807) is 12.7 Å². The Morgan fingerprint density at radius 1 is 1.13 bits per heavy atom. The molecule has 122 valence electrons. The molecule has 5 nitrogen and oxygen atoms in total. The fourth-order valence-corrected chi connectivity index (χ4v) is 3.19. The van der Waals surface area contributed by atoms with Gasteiger partial charge >= 0.3 is 0 Å². The molecular formula is C17H21ClN4O. The molecule has 1 amide bonds. The van der Waals surface area contributed by atoms with Crippen LogP contribution in [0.5, 0.6) is 0 Å². The first kappa shape index (κ1) is 16.0. The van der Waals surface area contributed by atoms with Gasteiger partial charge in [-0.3, -0.25) is 4.79 Å². The summed E-state index contributed by atoms with van der Waals surface area (Å²) in [4.78, 5) is 14.3. The Morgan fingerprint density at radius 3 is 2.43 bits per heavy atom. The molecule has 0 unspecified atom stereocenters. The summed E-state index contributed by atoms with van der Waals surface area (Å²) >= 11 is 5.88. The number of amides is 1. The van der Waals surface area contributed by atoms with E-state index in [0.29, 0.717) is 12.5 Å². The van der Waals surface area contributed by atoms with E-state index in [-0.39, 0.29) is 5.91 Å². The van der Waals surface area contributed by atoms with Crippen LogP contribution in [0.15, 0.2) is 36.9 Å². The summed E-state index contributed by atoms with van der Waals surface area (Å²) in [5.41, 5.74) is 1.23. The number of hydrogen-bond donors (Lipinski definition) is 0. The van der Waals surface area contributed by atoms with Crippen LogP contribution in [0.2, 0.25) is 5.02 Å². The molecule has 0 N–H and O–H groups in total. The van der Waals surface area contributed by atoms with Crippen molar-refractivity contribution in [3.63, 3.8) is 0 Å². The van der Waals surface area contributed by atoms with E-state index in [1.165, 1.54) is 5.56 Å². The van der Waals surface area contributed by atoms with Gasteiger partial charge in [0.2, 0.25) is 5.91 Å². The number of aryl methyl sites for hydroxylation is 1. The van der Waals surface area contributed by atoms with Gasteiger partial charge in [0.15, 0.2) is 0 Å². The molecule has 1 aromatic carbocycles. The molecule has 3 rings (SSSR count). The van der Waals surface area contributed by atoms with Crippen LogP contribution in [0.3, 0.4) is 0 Å². The topological polar surface area (TPSA) is 51.0 Å². The highest BCUT2D eigenvalue weighted by atomic mass is 35.5. The van der Waals surface area contributed by atoms with Crippen molar-refractivity contribution >= 4 is 17.5 Å². The van der Waals surface area contributed by atoms with Gasteiger partial charge in [-0.15, -0.1) is 10.2 Å². The van der Waals surface area contributed by atoms with Gasteiger partial charge in [-0.25, -0.2) is 0 Å². The summed E-state index contributed by atoms with van der Waals surface area (Å²) in [7, 11) is 0. The summed E-state index contributed by atoms with van der Waals surface area (Å²) < 4.78 is 2.04. The molecule has 0 aliphatic carbocycles. The highest BCUT2D eigenvalue weighted by molar-refractivity contribution is 6.30. The van der Waals surface area contributed by atoms with Crippen LogP contribution < -0.4 is 0 Å². The molecule has 0 atom stereocenters. The van der Waals surface area contributed by atoms with Crippen molar-refractivity contribution in [3.8, 4) is 0 Å². The van der Waals surface area contributed by atoms with Crippen LogP contribution in [-0.4, -0.2) is 38.7 Å². The van der Waals surface area contributed by atoms with Crippen LogP contribution in [-0.2, 0) is 11.2 Å². The third kappa shape index (κ3) is 4.32. The zero-order valence-electron chi connectivity index (χ0n) is 13.1. The predicted molar refractivity (Wildman–Crippen MR) is 89.3 cm³/mol. The Labute approximate surface area is 141 Å². The van der Waals surface area contributed by atoms with Crippen LogP contribution >= 0.6 is 11.6 Å². The Morgan fingerprint density at radius 2 is 1.78 bits per heavy atom. The number of piperidine rings is 1. The summed E-state index contributed by atoms with van der Waals surface area (Å²) in [6.45, 7) is 1.64. The highest BCUT2D eigenvalue weighted by Crippen LogP contribution is 2.22. The number of hydrogen-bond acceptors (Lipinski definition) is 3. The van der Waals surface area contributed by atoms with Crippen LogP contribution in [0, 0.1) is 0 Å². The minimum atomic E-state index is 0.265. The lowest BCUT2D eigenvalue weighted by atomic mass is 10.0. The van der Waals surface area contributed by atoms with Crippen molar-refractivity contribution in [2.75, 3.05) is 13.1 Å². The molecule has 23 heavy (non-hydrogen) atoms. The van der Waals surface area contributed by atoms with E-state index in [0.717, 1.165) is 43.8 Å². The number of nitrogens with zero attached hydrogens (tertiary/aromatic N) is 4. The average molecular weight is 333 g/mol. The van der Waals surface area contributed by atoms with Gasteiger partial charge in [0.1, 0.15) is 12.7 Å². The predicted octanol–water partition coefficient (Wildman–Crippen LogP) is 3.12. The molecule has 1 saturated heterocycles. The normalized spacial score (nSPS) is 15.8. The second-order valence-electron chi connectivity index (χ2n) is 6.00. The van der Waals surface area contributed by atoms with Crippen molar-refractivity contribution in [2.24, 2.45) is 0 Å². The third-order valence-corrected chi connectivity index (χ3v) is 4.70. The first-order valence-corrected chi connectivity index (χ1v) is 8.46. The van der Waals surface area contributed by atoms with Crippen LogP contribution in [0.4, 0.5) is 0 Å². The lowest BCUT2D eigenvalue weighted by Crippen LogP contribution is -2.38. The first-order valence-electron chi connectivity index (χ1n) is 8.09. The fraction of sp³-hybridized carbons (Fsp3) is 0.471. The van der Waals surface area contributed by atoms with Gasteiger partial charge in [0.05, 0.1) is 0 Å². The molecule has 2 aromatic rings. The monoisotopic (exact) mass is 332 g/mol. The average Bonchev–Trinajstić information content (AvgIpc) is 3.11. The maximum Gasteiger partial charge on any atom is 0.222 e. The number of rotatable bonds is 5. The third-order valence-electron chi connectivity index (χ3n) is 4.44. The SMILES string of the molecule is O=C(CCCc1ccc(Cl)cc1)N1CCC(n2cnnc2)CC1. The summed E-state index contributed by atoms with van der Waals surface area (Å²) in [5.74, 6) is 0.265. The van der Waals surface area contributed by atoms with Crippen molar-refractivity contribution in [1.82, 2.24) is 19.7 Å². The standard InChI is InChI=1S/C17H21ClN4O/c18-15-6-4-14(5-7-15)2-1-3-17(23)21-10-8-16(9-11-21)22-12-19-20-13-22/h4-7,12-13,16H,1-3,8-11H2. The molecule has 0 spiro atoms. The van der Waals surface area contributed by atoms with E-state index in [1.807, 2.05) is 33.7 Å². The molecule has 1 aliphatic rings. The van der Waals surface area contributed by atoms with Gasteiger partial charge < -0.3 is 9.47 Å². The van der Waals surface area contributed by atoms with Crippen molar-refractivity contribution in [2.45, 2.75) is 38.1 Å². The zero-order valence-corrected chi connectivity index (χ0v) is 13.8. The molecule has 1 aromatic heterocycles. The fourth-order valence-electron chi connectivity index (χ4n) is 3.06. The Kier molecular flexibility index (Phi) is 5.28. The zero-order chi connectivity index (χ0) is 16.1. The van der Waals surface area contributed by atoms with Gasteiger partial charge in [-0.2, -0.15) is 0 Å². The van der Waals surface area contributed by atoms with Crippen LogP contribution in [0.25, 0.3) is 0 Å². The quantitative estimate of drug-likeness (QED) is 0.845. The minimum absolute atomic E-state index is 0.265. The summed E-state index contributed by atoms with van der Waals surface area (Å²) in [6.07, 6.45) is 7.87. The number of halogens is 1. The Bertz CT molecular complexity index is 619. The number of likely N-dealkylation sites (tertiary alicyclic amines) is 1. The lowest BCUT2D eigenvalue weighted by Gasteiger charge is -2.32. The number of carbonyl (C=O) groups is 1. The van der Waals surface area contributed by atoms with Crippen molar-refractivity contribution < 1.29 is 4.79 Å². The first-order chi connectivity index (χ1) is 11.2. The van der Waals surface area contributed by atoms with Gasteiger partial charge in [0.25, 0.3) is 0 Å². The maximum atomic E-state index is 12.3. The second-order valence-corrected chi connectivity index (χ2v) is 6.44. The number of carbonyl (C=O) groups excluding carboxylic acids is 1. The number of benzene rings is 1. The molecular weight excluding hydrogens is 312 g/mol. The largest absolute Gasteiger partial charge is 0.343 e. The van der Waals surface area contributed by atoms with E-state index < -0.39 is 0 Å². The van der Waals surface area contributed by atoms with E-state index in [2.05, 4.69) is 10.2 Å². The van der Waals surface area contributed by atoms with Gasteiger partial charge in [-0.05, 0) is 43.4 Å². The summed E-state index contributed by atoms with van der Waals surface area (Å²) in [5, 5.41) is 8.45. The van der Waals surface area contributed by atoms with Gasteiger partial charge in [-0.1, -0.05) is 23.7 Å². The molecule has 0 radical (unpaired) electrons. The molecule has 2 heterocycles. The highest BCUT2D eigenvalue weighted by Gasteiger charge is 2.23. The van der Waals surface area contributed by atoms with Gasteiger partial charge in [0, 0.05) is 30.6 Å². The number of aromatic nitrogens is 3. The smallest absolute Gasteiger partial charge is 0.222 e. The molecule has 1 aliphatic heterocycles. The lowest BCUT2D eigenvalue weighted by molar-refractivity contribution is -0.132. The minimum Gasteiger partial charge on any atom is -0.343 e. The molecule has 0 bridgehead atoms.